The van der Waals surface area contributed by atoms with Gasteiger partial charge in [0.05, 0.1) is 19.6 Å². The number of carbonyl (C=O) groups excluding carboxylic acids is 1. The Balaban J connectivity index is 4.41. The number of hydrogen-bond acceptors (Lipinski definition) is 2. The predicted octanol–water partition coefficient (Wildman–Crippen LogP) is 5.06. The van der Waals surface area contributed by atoms with Gasteiger partial charge < -0.3 is 4.74 Å². The largest absolute Gasteiger partial charge is 0.409 e. The van der Waals surface area contributed by atoms with Gasteiger partial charge in [-0.3, -0.25) is 4.48 Å². The molecule has 130 valence electrons. The standard InChI is InChI=1S/C19H38NO2/c1-6-11-12-13-14-15-16-17-18(22-19(21)7-2)20(8-3,9-4)10-5/h7,18H,2,6,8-17H2,1,3-5H3/q+1. The molecule has 22 heavy (non-hydrogen) atoms. The van der Waals surface area contributed by atoms with Gasteiger partial charge in [-0.25, -0.2) is 4.79 Å². The number of unbranched alkanes of at least 4 members (excludes halogenated alkanes) is 6. The van der Waals surface area contributed by atoms with Gasteiger partial charge in [0.25, 0.3) is 0 Å². The highest BCUT2D eigenvalue weighted by molar-refractivity contribution is 5.81. The number of quaternary nitrogens is 1. The lowest BCUT2D eigenvalue weighted by Crippen LogP contribution is -2.56. The maximum atomic E-state index is 11.7. The molecule has 0 aliphatic rings. The van der Waals surface area contributed by atoms with E-state index in [1.54, 1.807) is 0 Å². The Morgan fingerprint density at radius 1 is 0.955 bits per heavy atom. The first-order chi connectivity index (χ1) is 10.6. The van der Waals surface area contributed by atoms with E-state index in [9.17, 15) is 4.79 Å². The van der Waals surface area contributed by atoms with Crippen molar-refractivity contribution in [1.82, 2.24) is 0 Å². The van der Waals surface area contributed by atoms with Gasteiger partial charge in [-0.2, -0.15) is 0 Å². The molecule has 0 aliphatic carbocycles. The Bertz CT molecular complexity index is 290. The minimum atomic E-state index is -0.286. The Kier molecular flexibility index (Phi) is 12.2. The second kappa shape index (κ2) is 12.7. The Labute approximate surface area is 138 Å². The molecular weight excluding hydrogens is 274 g/mol. The molecule has 0 radical (unpaired) electrons. The summed E-state index contributed by atoms with van der Waals surface area (Å²) in [5.74, 6) is -0.286. The smallest absolute Gasteiger partial charge is 0.334 e. The summed E-state index contributed by atoms with van der Waals surface area (Å²) in [6.45, 7) is 15.3. The van der Waals surface area contributed by atoms with Crippen molar-refractivity contribution in [2.24, 2.45) is 0 Å². The van der Waals surface area contributed by atoms with Gasteiger partial charge >= 0.3 is 5.97 Å². The zero-order valence-electron chi connectivity index (χ0n) is 15.4. The molecule has 3 heteroatoms. The first-order valence-electron chi connectivity index (χ1n) is 9.28. The van der Waals surface area contributed by atoms with Crippen LogP contribution in [0.3, 0.4) is 0 Å². The summed E-state index contributed by atoms with van der Waals surface area (Å²) >= 11 is 0. The third-order valence-electron chi connectivity index (χ3n) is 4.97. The number of carbonyl (C=O) groups is 1. The van der Waals surface area contributed by atoms with Crippen molar-refractivity contribution in [2.45, 2.75) is 85.3 Å². The molecule has 0 saturated carbocycles. The van der Waals surface area contributed by atoms with Crippen LogP contribution in [0.5, 0.6) is 0 Å². The number of esters is 1. The molecule has 3 nitrogen and oxygen atoms in total. The van der Waals surface area contributed by atoms with E-state index >= 15 is 0 Å². The summed E-state index contributed by atoms with van der Waals surface area (Å²) in [5.41, 5.74) is 0. The van der Waals surface area contributed by atoms with E-state index in [0.29, 0.717) is 0 Å². The Morgan fingerprint density at radius 3 is 1.91 bits per heavy atom. The van der Waals surface area contributed by atoms with Gasteiger partial charge in [0.1, 0.15) is 0 Å². The van der Waals surface area contributed by atoms with Gasteiger partial charge in [0, 0.05) is 12.5 Å². The van der Waals surface area contributed by atoms with E-state index in [0.717, 1.165) is 37.0 Å². The van der Waals surface area contributed by atoms with Crippen LogP contribution >= 0.6 is 0 Å². The summed E-state index contributed by atoms with van der Waals surface area (Å²) in [6.07, 6.45) is 11.2. The van der Waals surface area contributed by atoms with Crippen molar-refractivity contribution < 1.29 is 14.0 Å². The lowest BCUT2D eigenvalue weighted by atomic mass is 10.1. The van der Waals surface area contributed by atoms with E-state index in [1.165, 1.54) is 44.6 Å². The second-order valence-corrected chi connectivity index (χ2v) is 6.17. The zero-order chi connectivity index (χ0) is 16.8. The molecule has 0 N–H and O–H groups in total. The monoisotopic (exact) mass is 312 g/mol. The van der Waals surface area contributed by atoms with E-state index in [2.05, 4.69) is 34.3 Å². The molecule has 0 aromatic rings. The maximum Gasteiger partial charge on any atom is 0.334 e. The molecule has 0 rings (SSSR count). The first kappa shape index (κ1) is 21.2. The quantitative estimate of drug-likeness (QED) is 0.147. The predicted molar refractivity (Wildman–Crippen MR) is 94.6 cm³/mol. The van der Waals surface area contributed by atoms with Crippen LogP contribution in [0.25, 0.3) is 0 Å². The Morgan fingerprint density at radius 2 is 1.45 bits per heavy atom. The highest BCUT2D eigenvalue weighted by atomic mass is 16.6. The van der Waals surface area contributed by atoms with Gasteiger partial charge in [-0.1, -0.05) is 52.0 Å². The van der Waals surface area contributed by atoms with Gasteiger partial charge in [-0.15, -0.1) is 0 Å². The second-order valence-electron chi connectivity index (χ2n) is 6.17. The topological polar surface area (TPSA) is 26.3 Å². The van der Waals surface area contributed by atoms with Crippen molar-refractivity contribution in [2.75, 3.05) is 19.6 Å². The average molecular weight is 313 g/mol. The first-order valence-corrected chi connectivity index (χ1v) is 9.28. The van der Waals surface area contributed by atoms with Crippen molar-refractivity contribution in [1.29, 1.82) is 0 Å². The fraction of sp³-hybridized carbons (Fsp3) is 0.842. The lowest BCUT2D eigenvalue weighted by molar-refractivity contribution is -0.965. The van der Waals surface area contributed by atoms with Crippen LogP contribution in [-0.4, -0.2) is 36.3 Å². The van der Waals surface area contributed by atoms with Crippen LogP contribution in [0.15, 0.2) is 12.7 Å². The van der Waals surface area contributed by atoms with E-state index in [1.807, 2.05) is 0 Å². The van der Waals surface area contributed by atoms with Crippen LogP contribution in [0.2, 0.25) is 0 Å². The fourth-order valence-electron chi connectivity index (χ4n) is 3.18. The van der Waals surface area contributed by atoms with Gasteiger partial charge in [0.15, 0.2) is 0 Å². The minimum Gasteiger partial charge on any atom is -0.409 e. The number of ether oxygens (including phenoxy) is 1. The molecule has 0 fully saturated rings. The normalized spacial score (nSPS) is 12.9. The fourth-order valence-corrected chi connectivity index (χ4v) is 3.18. The highest BCUT2D eigenvalue weighted by Gasteiger charge is 2.34. The molecular formula is C19H38NO2+. The van der Waals surface area contributed by atoms with Crippen LogP contribution in [0.1, 0.15) is 79.1 Å². The van der Waals surface area contributed by atoms with Crippen molar-refractivity contribution in [3.8, 4) is 0 Å². The van der Waals surface area contributed by atoms with Crippen molar-refractivity contribution >= 4 is 5.97 Å². The third-order valence-corrected chi connectivity index (χ3v) is 4.97. The van der Waals surface area contributed by atoms with Gasteiger partial charge in [-0.05, 0) is 27.2 Å². The molecule has 1 unspecified atom stereocenters. The van der Waals surface area contributed by atoms with Crippen LogP contribution < -0.4 is 0 Å². The summed E-state index contributed by atoms with van der Waals surface area (Å²) in [4.78, 5) is 11.7. The molecule has 0 aromatic carbocycles. The van der Waals surface area contributed by atoms with Crippen LogP contribution in [-0.2, 0) is 9.53 Å². The summed E-state index contributed by atoms with van der Waals surface area (Å²) in [6, 6.07) is 0. The molecule has 0 spiro atoms. The highest BCUT2D eigenvalue weighted by Crippen LogP contribution is 2.21. The summed E-state index contributed by atoms with van der Waals surface area (Å²) in [7, 11) is 0. The van der Waals surface area contributed by atoms with Gasteiger partial charge in [0.2, 0.25) is 6.23 Å². The third kappa shape index (κ3) is 7.44. The molecule has 0 saturated heterocycles. The number of rotatable bonds is 14. The lowest BCUT2D eigenvalue weighted by Gasteiger charge is -2.41. The minimum absolute atomic E-state index is 0.0267. The molecule has 0 bridgehead atoms. The Hall–Kier alpha value is -0.830. The van der Waals surface area contributed by atoms with E-state index < -0.39 is 0 Å². The van der Waals surface area contributed by atoms with E-state index in [4.69, 9.17) is 4.74 Å². The zero-order valence-corrected chi connectivity index (χ0v) is 15.4. The van der Waals surface area contributed by atoms with Crippen molar-refractivity contribution in [3.63, 3.8) is 0 Å². The SMILES string of the molecule is C=CC(=O)OC(CCCCCCCCC)[N+](CC)(CC)CC. The molecule has 1 atom stereocenters. The summed E-state index contributed by atoms with van der Waals surface area (Å²) in [5, 5.41) is 0. The molecule has 0 heterocycles. The number of hydrogen-bond donors (Lipinski definition) is 0. The average Bonchev–Trinajstić information content (AvgIpc) is 2.55. The molecule has 0 amide bonds. The maximum absolute atomic E-state index is 11.7. The molecule has 0 aromatic heterocycles. The van der Waals surface area contributed by atoms with Crippen LogP contribution in [0.4, 0.5) is 0 Å². The van der Waals surface area contributed by atoms with E-state index in [-0.39, 0.29) is 12.2 Å². The number of nitrogens with zero attached hydrogens (tertiary/aromatic N) is 1. The van der Waals surface area contributed by atoms with Crippen LogP contribution in [0, 0.1) is 0 Å². The summed E-state index contributed by atoms with van der Waals surface area (Å²) < 4.78 is 6.55. The molecule has 0 aliphatic heterocycles. The van der Waals surface area contributed by atoms with Crippen molar-refractivity contribution in [3.05, 3.63) is 12.7 Å².